The van der Waals surface area contributed by atoms with Crippen molar-refractivity contribution in [1.82, 2.24) is 19.8 Å². The van der Waals surface area contributed by atoms with Gasteiger partial charge in [-0.15, -0.1) is 0 Å². The van der Waals surface area contributed by atoms with Crippen molar-refractivity contribution in [3.8, 4) is 0 Å². The Bertz CT molecular complexity index is 1300. The lowest BCUT2D eigenvalue weighted by Crippen LogP contribution is -2.48. The second-order valence-electron chi connectivity index (χ2n) is 12.6. The summed E-state index contributed by atoms with van der Waals surface area (Å²) >= 11 is 11.2. The number of fused-ring (bicyclic) bond motifs is 4. The van der Waals surface area contributed by atoms with E-state index in [4.69, 9.17) is 21.3 Å². The summed E-state index contributed by atoms with van der Waals surface area (Å²) in [6, 6.07) is 1.84. The Morgan fingerprint density at radius 1 is 1.28 bits per heavy atom. The third-order valence-corrected chi connectivity index (χ3v) is 11.2. The van der Waals surface area contributed by atoms with Gasteiger partial charge in [-0.1, -0.05) is 23.4 Å². The van der Waals surface area contributed by atoms with Crippen molar-refractivity contribution in [2.24, 2.45) is 0 Å². The molecule has 1 aromatic carbocycles. The molecule has 5 heterocycles. The van der Waals surface area contributed by atoms with Crippen LogP contribution in [0, 0.1) is 5.82 Å². The maximum Gasteiger partial charge on any atom is 0.410 e. The predicted molar refractivity (Wildman–Crippen MR) is 153 cm³/mol. The number of amides is 1. The highest BCUT2D eigenvalue weighted by Gasteiger charge is 2.49. The molecule has 11 heteroatoms. The van der Waals surface area contributed by atoms with Gasteiger partial charge < -0.3 is 9.64 Å². The number of piperidine rings is 1. The standard InChI is InChI=1S/C28H34BrClF2N4O2S/c1-27(2,3)38-26(37)36-17-5-6-18(36)10-15(9-17)23-19-11-20(30)21(29)22(32)24(19)34-25(33-23)39-14-28-7-4-8-35(28)13-16(31)12-28/h11,15-18H,4-10,12-14H2,1-3H3/t15?,16-,17?,18?,28+/m1/s1. The van der Waals surface area contributed by atoms with Crippen molar-refractivity contribution in [2.75, 3.05) is 18.8 Å². The normalized spacial score (nSPS) is 30.8. The number of rotatable bonds is 4. The molecule has 39 heavy (non-hydrogen) atoms. The van der Waals surface area contributed by atoms with Crippen LogP contribution >= 0.6 is 39.3 Å². The van der Waals surface area contributed by atoms with E-state index in [1.165, 1.54) is 11.8 Å². The zero-order valence-electron chi connectivity index (χ0n) is 22.5. The van der Waals surface area contributed by atoms with Crippen LogP contribution in [0.5, 0.6) is 0 Å². The molecule has 0 spiro atoms. The van der Waals surface area contributed by atoms with Crippen LogP contribution in [0.4, 0.5) is 13.6 Å². The molecule has 6 rings (SSSR count). The van der Waals surface area contributed by atoms with Gasteiger partial charge in [-0.3, -0.25) is 4.90 Å². The molecule has 2 unspecified atom stereocenters. The van der Waals surface area contributed by atoms with Gasteiger partial charge in [0.15, 0.2) is 11.0 Å². The Balaban J connectivity index is 1.32. The van der Waals surface area contributed by atoms with Crippen LogP contribution in [0.2, 0.25) is 5.02 Å². The van der Waals surface area contributed by atoms with Crippen LogP contribution < -0.4 is 0 Å². The van der Waals surface area contributed by atoms with Gasteiger partial charge >= 0.3 is 6.09 Å². The molecule has 0 aliphatic carbocycles. The first-order valence-corrected chi connectivity index (χ1v) is 16.0. The average molecular weight is 644 g/mol. The molecule has 0 radical (unpaired) electrons. The minimum Gasteiger partial charge on any atom is -0.444 e. The molecule has 6 nitrogen and oxygen atoms in total. The molecule has 4 aliphatic rings. The van der Waals surface area contributed by atoms with E-state index in [1.54, 1.807) is 6.07 Å². The summed E-state index contributed by atoms with van der Waals surface area (Å²) in [6.07, 6.45) is 4.76. The SMILES string of the molecule is CC(C)(C)OC(=O)N1C2CCC1CC(c1nc(SC[C@@]34CCCN3C[C@H](F)C4)nc3c(F)c(Br)c(Cl)cc13)C2. The van der Waals surface area contributed by atoms with Gasteiger partial charge in [0.25, 0.3) is 0 Å². The largest absolute Gasteiger partial charge is 0.444 e. The van der Waals surface area contributed by atoms with Crippen LogP contribution in [0.3, 0.4) is 0 Å². The van der Waals surface area contributed by atoms with E-state index in [2.05, 4.69) is 25.8 Å². The molecule has 4 aliphatic heterocycles. The minimum absolute atomic E-state index is 0.0329. The first-order valence-electron chi connectivity index (χ1n) is 13.8. The molecule has 0 N–H and O–H groups in total. The van der Waals surface area contributed by atoms with Gasteiger partial charge in [0.2, 0.25) is 0 Å². The number of thioether (sulfide) groups is 1. The number of aromatic nitrogens is 2. The summed E-state index contributed by atoms with van der Waals surface area (Å²) in [5, 5.41) is 1.40. The number of alkyl halides is 1. The number of halogens is 4. The van der Waals surface area contributed by atoms with Crippen LogP contribution in [-0.2, 0) is 4.74 Å². The number of carbonyl (C=O) groups excluding carboxylic acids is 1. The lowest BCUT2D eigenvalue weighted by molar-refractivity contribution is 0.00573. The minimum atomic E-state index is -0.805. The lowest BCUT2D eigenvalue weighted by Gasteiger charge is -2.39. The Kier molecular flexibility index (Phi) is 7.33. The second-order valence-corrected chi connectivity index (χ2v) is 14.7. The maximum absolute atomic E-state index is 15.5. The molecule has 4 atom stereocenters. The first-order chi connectivity index (χ1) is 18.4. The van der Waals surface area contributed by atoms with E-state index >= 15 is 4.39 Å². The molecule has 212 valence electrons. The van der Waals surface area contributed by atoms with E-state index < -0.39 is 17.6 Å². The monoisotopic (exact) mass is 642 g/mol. The number of benzene rings is 1. The molecule has 2 aromatic rings. The second kappa shape index (κ2) is 10.2. The Labute approximate surface area is 245 Å². The predicted octanol–water partition coefficient (Wildman–Crippen LogP) is 7.50. The quantitative estimate of drug-likeness (QED) is 0.195. The van der Waals surface area contributed by atoms with Crippen LogP contribution in [0.15, 0.2) is 15.7 Å². The average Bonchev–Trinajstić information content (AvgIpc) is 3.47. The lowest BCUT2D eigenvalue weighted by atomic mass is 9.86. The van der Waals surface area contributed by atoms with E-state index in [-0.39, 0.29) is 44.6 Å². The van der Waals surface area contributed by atoms with Gasteiger partial charge in [0.05, 0.1) is 15.2 Å². The van der Waals surface area contributed by atoms with Gasteiger partial charge in [0.1, 0.15) is 17.3 Å². The topological polar surface area (TPSA) is 58.6 Å². The van der Waals surface area contributed by atoms with Gasteiger partial charge in [-0.2, -0.15) is 0 Å². The maximum atomic E-state index is 15.5. The summed E-state index contributed by atoms with van der Waals surface area (Å²) in [5.74, 6) is 0.213. The fourth-order valence-electron chi connectivity index (χ4n) is 7.21. The Morgan fingerprint density at radius 3 is 2.69 bits per heavy atom. The molecule has 1 amide bonds. The number of hydrogen-bond donors (Lipinski definition) is 0. The summed E-state index contributed by atoms with van der Waals surface area (Å²) < 4.78 is 35.8. The fraction of sp³-hybridized carbons (Fsp3) is 0.679. The third-order valence-electron chi connectivity index (χ3n) is 8.79. The number of nitrogens with zero attached hydrogens (tertiary/aromatic N) is 4. The first kappa shape index (κ1) is 27.9. The summed E-state index contributed by atoms with van der Waals surface area (Å²) in [6.45, 7) is 7.05. The summed E-state index contributed by atoms with van der Waals surface area (Å²) in [7, 11) is 0. The third kappa shape index (κ3) is 5.17. The molecule has 2 bridgehead atoms. The highest BCUT2D eigenvalue weighted by molar-refractivity contribution is 9.10. The molecular weight excluding hydrogens is 610 g/mol. The van der Waals surface area contributed by atoms with Crippen molar-refractivity contribution in [3.63, 3.8) is 0 Å². The van der Waals surface area contributed by atoms with E-state index in [9.17, 15) is 9.18 Å². The van der Waals surface area contributed by atoms with E-state index in [0.717, 1.165) is 50.8 Å². The Morgan fingerprint density at radius 2 is 2.00 bits per heavy atom. The molecule has 0 saturated carbocycles. The highest BCUT2D eigenvalue weighted by atomic mass is 79.9. The van der Waals surface area contributed by atoms with Crippen molar-refractivity contribution >= 4 is 56.3 Å². The zero-order valence-corrected chi connectivity index (χ0v) is 25.6. The van der Waals surface area contributed by atoms with Gasteiger partial charge in [-0.05, 0) is 94.3 Å². The Hall–Kier alpha value is -1.23. The van der Waals surface area contributed by atoms with Crippen molar-refractivity contribution in [3.05, 3.63) is 27.1 Å². The van der Waals surface area contributed by atoms with Gasteiger partial charge in [-0.25, -0.2) is 23.5 Å². The molecule has 4 saturated heterocycles. The van der Waals surface area contributed by atoms with Crippen LogP contribution in [0.1, 0.15) is 77.3 Å². The summed E-state index contributed by atoms with van der Waals surface area (Å²) in [5.41, 5.74) is 0.294. The molecule has 1 aromatic heterocycles. The van der Waals surface area contributed by atoms with E-state index in [1.807, 2.05) is 25.7 Å². The number of hydrogen-bond acceptors (Lipinski definition) is 6. The van der Waals surface area contributed by atoms with Crippen LogP contribution in [-0.4, -0.2) is 74.1 Å². The van der Waals surface area contributed by atoms with Crippen molar-refractivity contribution < 1.29 is 18.3 Å². The number of carbonyl (C=O) groups is 1. The summed E-state index contributed by atoms with van der Waals surface area (Å²) in [4.78, 5) is 26.9. The number of ether oxygens (including phenoxy) is 1. The van der Waals surface area contributed by atoms with Crippen molar-refractivity contribution in [2.45, 2.75) is 106 Å². The van der Waals surface area contributed by atoms with Crippen molar-refractivity contribution in [1.29, 1.82) is 0 Å². The fourth-order valence-corrected chi connectivity index (χ4v) is 8.87. The highest BCUT2D eigenvalue weighted by Crippen LogP contribution is 2.47. The zero-order chi connectivity index (χ0) is 27.7. The van der Waals surface area contributed by atoms with Gasteiger partial charge in [0, 0.05) is 41.2 Å². The molecule has 4 fully saturated rings. The smallest absolute Gasteiger partial charge is 0.410 e. The van der Waals surface area contributed by atoms with Crippen LogP contribution in [0.25, 0.3) is 10.9 Å². The molecular formula is C28H34BrClF2N4O2S. The van der Waals surface area contributed by atoms with E-state index in [0.29, 0.717) is 29.3 Å².